The lowest BCUT2D eigenvalue weighted by Gasteiger charge is -2.14. The molecule has 1 aromatic carbocycles. The molecule has 4 nitrogen and oxygen atoms in total. The molecule has 1 aromatic rings. The van der Waals surface area contributed by atoms with Crippen molar-refractivity contribution in [3.05, 3.63) is 35.4 Å². The first kappa shape index (κ1) is 22.2. The Kier molecular flexibility index (Phi) is 12.5. The van der Waals surface area contributed by atoms with E-state index in [1.807, 2.05) is 32.9 Å². The fourth-order valence-corrected chi connectivity index (χ4v) is 1.96. The van der Waals surface area contributed by atoms with Crippen LogP contribution in [0, 0.1) is 6.92 Å². The van der Waals surface area contributed by atoms with Gasteiger partial charge in [-0.3, -0.25) is 4.79 Å². The maximum atomic E-state index is 11.7. The van der Waals surface area contributed by atoms with Gasteiger partial charge in [0.1, 0.15) is 0 Å². The van der Waals surface area contributed by atoms with Crippen LogP contribution in [0.25, 0.3) is 0 Å². The maximum Gasteiger partial charge on any atom is 0.338 e. The average molecular weight is 335 g/mol. The Morgan fingerprint density at radius 2 is 1.50 bits per heavy atom. The van der Waals surface area contributed by atoms with Gasteiger partial charge in [-0.05, 0) is 31.9 Å². The Morgan fingerprint density at radius 1 is 1.00 bits per heavy atom. The Morgan fingerprint density at radius 3 is 1.96 bits per heavy atom. The lowest BCUT2D eigenvalue weighted by Crippen LogP contribution is -2.32. The molecule has 0 N–H and O–H groups in total. The molecule has 4 heteroatoms. The molecule has 1 saturated heterocycles. The predicted molar refractivity (Wildman–Crippen MR) is 99.2 cm³/mol. The van der Waals surface area contributed by atoms with Crippen molar-refractivity contribution in [3.63, 3.8) is 0 Å². The van der Waals surface area contributed by atoms with Gasteiger partial charge in [0.2, 0.25) is 0 Å². The summed E-state index contributed by atoms with van der Waals surface area (Å²) in [5, 5.41) is 0. The van der Waals surface area contributed by atoms with E-state index < -0.39 is 5.97 Å². The molecule has 1 aliphatic rings. The Balaban J connectivity index is 0.000000773. The first-order valence-electron chi connectivity index (χ1n) is 9.10. The molecule has 24 heavy (non-hydrogen) atoms. The zero-order chi connectivity index (χ0) is 18.4. The zero-order valence-electron chi connectivity index (χ0n) is 15.9. The summed E-state index contributed by atoms with van der Waals surface area (Å²) in [7, 11) is 0. The standard InChI is InChI=1S/C14H17NO3.C4H10.C2H6/c1-11-4-6-12(7-5-11)14(17)18-10-13(16)15-8-2-3-9-15;1-3-4-2;1-2/h4-7H,2-3,8-10H2,1H3;3-4H2,1-2H3;1-2H3. The highest BCUT2D eigenvalue weighted by Crippen LogP contribution is 2.09. The van der Waals surface area contributed by atoms with E-state index in [4.69, 9.17) is 4.74 Å². The van der Waals surface area contributed by atoms with Gasteiger partial charge in [-0.1, -0.05) is 58.2 Å². The van der Waals surface area contributed by atoms with Crippen molar-refractivity contribution in [1.82, 2.24) is 4.90 Å². The number of aryl methyl sites for hydroxylation is 1. The van der Waals surface area contributed by atoms with Gasteiger partial charge >= 0.3 is 5.97 Å². The minimum Gasteiger partial charge on any atom is -0.452 e. The van der Waals surface area contributed by atoms with Gasteiger partial charge in [-0.2, -0.15) is 0 Å². The third-order valence-electron chi connectivity index (χ3n) is 3.57. The van der Waals surface area contributed by atoms with Crippen LogP contribution >= 0.6 is 0 Å². The summed E-state index contributed by atoms with van der Waals surface area (Å²) in [5.41, 5.74) is 1.56. The topological polar surface area (TPSA) is 46.6 Å². The average Bonchev–Trinajstić information content (AvgIpc) is 3.16. The van der Waals surface area contributed by atoms with E-state index in [1.54, 1.807) is 17.0 Å². The molecule has 0 atom stereocenters. The number of ether oxygens (including phenoxy) is 1. The van der Waals surface area contributed by atoms with Crippen LogP contribution in [0.4, 0.5) is 0 Å². The van der Waals surface area contributed by atoms with Crippen LogP contribution in [0.15, 0.2) is 24.3 Å². The second-order valence-corrected chi connectivity index (χ2v) is 5.53. The number of amides is 1. The van der Waals surface area contributed by atoms with Crippen LogP contribution in [0.5, 0.6) is 0 Å². The highest BCUT2D eigenvalue weighted by molar-refractivity contribution is 5.91. The number of esters is 1. The van der Waals surface area contributed by atoms with E-state index in [0.717, 1.165) is 31.5 Å². The highest BCUT2D eigenvalue weighted by Gasteiger charge is 2.19. The van der Waals surface area contributed by atoms with Crippen LogP contribution < -0.4 is 0 Å². The molecular formula is C20H33NO3. The van der Waals surface area contributed by atoms with E-state index in [1.165, 1.54) is 12.8 Å². The van der Waals surface area contributed by atoms with Crippen LogP contribution in [-0.4, -0.2) is 36.5 Å². The fourth-order valence-electron chi connectivity index (χ4n) is 1.96. The van der Waals surface area contributed by atoms with E-state index in [0.29, 0.717) is 5.56 Å². The molecule has 0 bridgehead atoms. The zero-order valence-corrected chi connectivity index (χ0v) is 15.9. The van der Waals surface area contributed by atoms with Crippen molar-refractivity contribution >= 4 is 11.9 Å². The molecule has 1 aliphatic heterocycles. The Hall–Kier alpha value is -1.84. The smallest absolute Gasteiger partial charge is 0.338 e. The summed E-state index contributed by atoms with van der Waals surface area (Å²) < 4.78 is 5.01. The first-order valence-corrected chi connectivity index (χ1v) is 9.10. The summed E-state index contributed by atoms with van der Waals surface area (Å²) in [6.07, 6.45) is 4.72. The van der Waals surface area contributed by atoms with Crippen LogP contribution in [0.1, 0.15) is 69.3 Å². The van der Waals surface area contributed by atoms with E-state index in [2.05, 4.69) is 13.8 Å². The Bertz CT molecular complexity index is 460. The molecule has 0 aliphatic carbocycles. The minimum atomic E-state index is -0.442. The first-order chi connectivity index (χ1) is 11.6. The van der Waals surface area contributed by atoms with Crippen molar-refractivity contribution < 1.29 is 14.3 Å². The van der Waals surface area contributed by atoms with Gasteiger partial charge in [0.05, 0.1) is 5.56 Å². The SMILES string of the molecule is CC.CCCC.Cc1ccc(C(=O)OCC(=O)N2CCCC2)cc1. The molecule has 1 heterocycles. The molecule has 2 rings (SSSR count). The van der Waals surface area contributed by atoms with Crippen molar-refractivity contribution in [2.24, 2.45) is 0 Å². The summed E-state index contributed by atoms with van der Waals surface area (Å²) in [6, 6.07) is 7.10. The number of carbonyl (C=O) groups excluding carboxylic acids is 2. The monoisotopic (exact) mass is 335 g/mol. The van der Waals surface area contributed by atoms with Crippen LogP contribution in [0.3, 0.4) is 0 Å². The molecule has 0 aromatic heterocycles. The summed E-state index contributed by atoms with van der Waals surface area (Å²) in [5.74, 6) is -0.546. The lowest BCUT2D eigenvalue weighted by molar-refractivity contribution is -0.133. The molecule has 0 spiro atoms. The number of likely N-dealkylation sites (tertiary alicyclic amines) is 1. The van der Waals surface area contributed by atoms with Gasteiger partial charge in [0.25, 0.3) is 5.91 Å². The number of hydrogen-bond acceptors (Lipinski definition) is 3. The van der Waals surface area contributed by atoms with Gasteiger partial charge < -0.3 is 9.64 Å². The second kappa shape index (κ2) is 13.6. The lowest BCUT2D eigenvalue weighted by atomic mass is 10.1. The van der Waals surface area contributed by atoms with Crippen molar-refractivity contribution in [2.45, 2.75) is 60.3 Å². The number of carbonyl (C=O) groups is 2. The molecular weight excluding hydrogens is 302 g/mol. The number of nitrogens with zero attached hydrogens (tertiary/aromatic N) is 1. The number of hydrogen-bond donors (Lipinski definition) is 0. The summed E-state index contributed by atoms with van der Waals surface area (Å²) in [4.78, 5) is 25.1. The van der Waals surface area contributed by atoms with E-state index in [9.17, 15) is 9.59 Å². The van der Waals surface area contributed by atoms with Crippen molar-refractivity contribution in [1.29, 1.82) is 0 Å². The molecule has 1 fully saturated rings. The molecule has 0 saturated carbocycles. The highest BCUT2D eigenvalue weighted by atomic mass is 16.5. The molecule has 0 radical (unpaired) electrons. The number of unbranched alkanes of at least 4 members (excludes halogenated alkanes) is 1. The quantitative estimate of drug-likeness (QED) is 0.755. The van der Waals surface area contributed by atoms with Gasteiger partial charge in [-0.15, -0.1) is 0 Å². The third-order valence-corrected chi connectivity index (χ3v) is 3.57. The Labute approximate surface area is 147 Å². The summed E-state index contributed by atoms with van der Waals surface area (Å²) in [6.45, 7) is 11.7. The maximum absolute atomic E-state index is 11.7. The van der Waals surface area contributed by atoms with Crippen molar-refractivity contribution in [2.75, 3.05) is 19.7 Å². The fraction of sp³-hybridized carbons (Fsp3) is 0.600. The van der Waals surface area contributed by atoms with Crippen molar-refractivity contribution in [3.8, 4) is 0 Å². The molecule has 136 valence electrons. The third kappa shape index (κ3) is 8.70. The van der Waals surface area contributed by atoms with E-state index >= 15 is 0 Å². The normalized spacial score (nSPS) is 12.5. The van der Waals surface area contributed by atoms with Gasteiger partial charge in [0.15, 0.2) is 6.61 Å². The molecule has 0 unspecified atom stereocenters. The second-order valence-electron chi connectivity index (χ2n) is 5.53. The minimum absolute atomic E-state index is 0.104. The largest absolute Gasteiger partial charge is 0.452 e. The van der Waals surface area contributed by atoms with Gasteiger partial charge in [-0.25, -0.2) is 4.79 Å². The number of benzene rings is 1. The molecule has 1 amide bonds. The summed E-state index contributed by atoms with van der Waals surface area (Å²) >= 11 is 0. The number of rotatable bonds is 4. The van der Waals surface area contributed by atoms with Crippen LogP contribution in [-0.2, 0) is 9.53 Å². The van der Waals surface area contributed by atoms with Crippen LogP contribution in [0.2, 0.25) is 0 Å². The van der Waals surface area contributed by atoms with Gasteiger partial charge in [0, 0.05) is 13.1 Å². The predicted octanol–water partition coefficient (Wildman–Crippen LogP) is 4.61. The van der Waals surface area contributed by atoms with E-state index in [-0.39, 0.29) is 12.5 Å².